The van der Waals surface area contributed by atoms with E-state index in [4.69, 9.17) is 25.4 Å². The molecule has 0 heterocycles. The molecule has 0 aromatic heterocycles. The summed E-state index contributed by atoms with van der Waals surface area (Å²) in [5.41, 5.74) is 5.28. The fourth-order valence-corrected chi connectivity index (χ4v) is 0.841. The van der Waals surface area contributed by atoms with Crippen molar-refractivity contribution in [3.8, 4) is 0 Å². The first-order chi connectivity index (χ1) is 6.61. The first kappa shape index (κ1) is 13.8. The zero-order valence-electron chi connectivity index (χ0n) is 8.85. The SMILES string of the molecule is CC(OCCN)C(C)OCC(O)CO. The van der Waals surface area contributed by atoms with E-state index in [-0.39, 0.29) is 25.4 Å². The quantitative estimate of drug-likeness (QED) is 0.481. The van der Waals surface area contributed by atoms with Gasteiger partial charge >= 0.3 is 0 Å². The monoisotopic (exact) mass is 207 g/mol. The highest BCUT2D eigenvalue weighted by molar-refractivity contribution is 4.62. The van der Waals surface area contributed by atoms with Crippen molar-refractivity contribution in [1.82, 2.24) is 0 Å². The predicted molar refractivity (Wildman–Crippen MR) is 53.0 cm³/mol. The van der Waals surface area contributed by atoms with Crippen LogP contribution in [0.3, 0.4) is 0 Å². The zero-order chi connectivity index (χ0) is 11.0. The van der Waals surface area contributed by atoms with Crippen LogP contribution in [0.2, 0.25) is 0 Å². The molecule has 5 nitrogen and oxygen atoms in total. The van der Waals surface area contributed by atoms with Crippen molar-refractivity contribution in [2.45, 2.75) is 32.2 Å². The van der Waals surface area contributed by atoms with Crippen molar-refractivity contribution in [3.05, 3.63) is 0 Å². The molecule has 14 heavy (non-hydrogen) atoms. The van der Waals surface area contributed by atoms with Gasteiger partial charge in [-0.1, -0.05) is 0 Å². The molecule has 0 amide bonds. The average molecular weight is 207 g/mol. The Kier molecular flexibility index (Phi) is 8.02. The Morgan fingerprint density at radius 3 is 2.29 bits per heavy atom. The van der Waals surface area contributed by atoms with Gasteiger partial charge in [0.25, 0.3) is 0 Å². The van der Waals surface area contributed by atoms with Crippen molar-refractivity contribution in [2.75, 3.05) is 26.4 Å². The van der Waals surface area contributed by atoms with Gasteiger partial charge in [-0.3, -0.25) is 0 Å². The van der Waals surface area contributed by atoms with E-state index >= 15 is 0 Å². The van der Waals surface area contributed by atoms with Gasteiger partial charge in [0.05, 0.1) is 32.0 Å². The normalized spacial score (nSPS) is 17.8. The van der Waals surface area contributed by atoms with Gasteiger partial charge < -0.3 is 25.4 Å². The molecule has 0 aliphatic rings. The van der Waals surface area contributed by atoms with Crippen LogP contribution in [0.25, 0.3) is 0 Å². The maximum Gasteiger partial charge on any atom is 0.100 e. The Morgan fingerprint density at radius 2 is 1.79 bits per heavy atom. The highest BCUT2D eigenvalue weighted by Gasteiger charge is 2.14. The molecule has 0 rings (SSSR count). The molecule has 0 aromatic carbocycles. The molecule has 0 bridgehead atoms. The second-order valence-electron chi connectivity index (χ2n) is 3.24. The Morgan fingerprint density at radius 1 is 1.21 bits per heavy atom. The van der Waals surface area contributed by atoms with Gasteiger partial charge in [0.2, 0.25) is 0 Å². The van der Waals surface area contributed by atoms with E-state index in [2.05, 4.69) is 0 Å². The van der Waals surface area contributed by atoms with E-state index in [1.54, 1.807) is 0 Å². The lowest BCUT2D eigenvalue weighted by Crippen LogP contribution is -2.31. The van der Waals surface area contributed by atoms with E-state index in [0.717, 1.165) is 0 Å². The van der Waals surface area contributed by atoms with Crippen LogP contribution in [0, 0.1) is 0 Å². The van der Waals surface area contributed by atoms with E-state index < -0.39 is 6.10 Å². The van der Waals surface area contributed by atoms with Gasteiger partial charge in [0, 0.05) is 6.54 Å². The lowest BCUT2D eigenvalue weighted by atomic mass is 10.2. The summed E-state index contributed by atoms with van der Waals surface area (Å²) in [6, 6.07) is 0. The van der Waals surface area contributed by atoms with Gasteiger partial charge in [-0.15, -0.1) is 0 Å². The average Bonchev–Trinajstić information content (AvgIpc) is 2.21. The Bertz CT molecular complexity index is 134. The van der Waals surface area contributed by atoms with Crippen molar-refractivity contribution in [3.63, 3.8) is 0 Å². The van der Waals surface area contributed by atoms with Crippen LogP contribution in [-0.2, 0) is 9.47 Å². The summed E-state index contributed by atoms with van der Waals surface area (Å²) < 4.78 is 10.6. The molecule has 0 fully saturated rings. The molecule has 0 aliphatic carbocycles. The number of rotatable bonds is 8. The Hall–Kier alpha value is -0.200. The largest absolute Gasteiger partial charge is 0.394 e. The molecule has 0 spiro atoms. The summed E-state index contributed by atoms with van der Waals surface area (Å²) in [5.74, 6) is 0. The third-order valence-corrected chi connectivity index (χ3v) is 1.92. The summed E-state index contributed by atoms with van der Waals surface area (Å²) in [5, 5.41) is 17.6. The maximum atomic E-state index is 9.03. The molecule has 3 atom stereocenters. The fraction of sp³-hybridized carbons (Fsp3) is 1.00. The molecule has 0 saturated carbocycles. The lowest BCUT2D eigenvalue weighted by Gasteiger charge is -2.21. The molecule has 0 aromatic rings. The summed E-state index contributed by atoms with van der Waals surface area (Å²) in [6.07, 6.45) is -1.01. The van der Waals surface area contributed by atoms with Crippen molar-refractivity contribution < 1.29 is 19.7 Å². The van der Waals surface area contributed by atoms with Crippen LogP contribution in [0.5, 0.6) is 0 Å². The number of aliphatic hydroxyl groups is 2. The molecular weight excluding hydrogens is 186 g/mol. The van der Waals surface area contributed by atoms with Crippen LogP contribution in [0.15, 0.2) is 0 Å². The predicted octanol–water partition coefficient (Wildman–Crippen LogP) is -0.891. The van der Waals surface area contributed by atoms with Gasteiger partial charge in [-0.2, -0.15) is 0 Å². The van der Waals surface area contributed by atoms with Crippen molar-refractivity contribution in [1.29, 1.82) is 0 Å². The maximum absolute atomic E-state index is 9.03. The van der Waals surface area contributed by atoms with Crippen molar-refractivity contribution in [2.24, 2.45) is 5.73 Å². The molecule has 0 aliphatic heterocycles. The summed E-state index contributed by atoms with van der Waals surface area (Å²) in [4.78, 5) is 0. The smallest absolute Gasteiger partial charge is 0.100 e. The summed E-state index contributed by atoms with van der Waals surface area (Å²) >= 11 is 0. The van der Waals surface area contributed by atoms with Gasteiger partial charge in [0.15, 0.2) is 0 Å². The van der Waals surface area contributed by atoms with Gasteiger partial charge in [-0.25, -0.2) is 0 Å². The second kappa shape index (κ2) is 8.14. The minimum absolute atomic E-state index is 0.0653. The number of aliphatic hydroxyl groups excluding tert-OH is 2. The lowest BCUT2D eigenvalue weighted by molar-refractivity contribution is -0.0825. The molecule has 0 saturated heterocycles. The fourth-order valence-electron chi connectivity index (χ4n) is 0.841. The van der Waals surface area contributed by atoms with Crippen LogP contribution in [0.4, 0.5) is 0 Å². The van der Waals surface area contributed by atoms with Gasteiger partial charge in [0.1, 0.15) is 6.10 Å². The first-order valence-corrected chi connectivity index (χ1v) is 4.84. The van der Waals surface area contributed by atoms with Crippen LogP contribution in [0.1, 0.15) is 13.8 Å². The van der Waals surface area contributed by atoms with Crippen molar-refractivity contribution >= 4 is 0 Å². The molecule has 86 valence electrons. The molecule has 0 radical (unpaired) electrons. The third kappa shape index (κ3) is 6.28. The van der Waals surface area contributed by atoms with Crippen LogP contribution >= 0.6 is 0 Å². The minimum atomic E-state index is -0.820. The standard InChI is InChI=1S/C9H21NO4/c1-7(13-4-3-10)8(2)14-6-9(12)5-11/h7-9,11-12H,3-6,10H2,1-2H3. The minimum Gasteiger partial charge on any atom is -0.394 e. The number of hydrogen-bond acceptors (Lipinski definition) is 5. The van der Waals surface area contributed by atoms with Crippen LogP contribution < -0.4 is 5.73 Å². The first-order valence-electron chi connectivity index (χ1n) is 4.84. The molecular formula is C9H21NO4. The Balaban J connectivity index is 3.55. The van der Waals surface area contributed by atoms with E-state index in [0.29, 0.717) is 13.2 Å². The van der Waals surface area contributed by atoms with E-state index in [1.165, 1.54) is 0 Å². The second-order valence-corrected chi connectivity index (χ2v) is 3.24. The number of nitrogens with two attached hydrogens (primary N) is 1. The molecule has 4 N–H and O–H groups in total. The highest BCUT2D eigenvalue weighted by Crippen LogP contribution is 2.03. The van der Waals surface area contributed by atoms with E-state index in [1.807, 2.05) is 13.8 Å². The summed E-state index contributed by atoms with van der Waals surface area (Å²) in [6.45, 7) is 4.55. The van der Waals surface area contributed by atoms with E-state index in [9.17, 15) is 0 Å². The third-order valence-electron chi connectivity index (χ3n) is 1.92. The molecule has 3 unspecified atom stereocenters. The summed E-state index contributed by atoms with van der Waals surface area (Å²) in [7, 11) is 0. The Labute approximate surface area is 84.8 Å². The van der Waals surface area contributed by atoms with Crippen LogP contribution in [-0.4, -0.2) is 54.9 Å². The topological polar surface area (TPSA) is 84.9 Å². The zero-order valence-corrected chi connectivity index (χ0v) is 8.85. The van der Waals surface area contributed by atoms with Gasteiger partial charge in [-0.05, 0) is 13.8 Å². The number of ether oxygens (including phenoxy) is 2. The number of hydrogen-bond donors (Lipinski definition) is 3. The molecule has 5 heteroatoms. The highest BCUT2D eigenvalue weighted by atomic mass is 16.5.